The number of benzene rings is 4. The van der Waals surface area contributed by atoms with Crippen LogP contribution in [0.1, 0.15) is 5.56 Å². The van der Waals surface area contributed by atoms with E-state index in [1.807, 2.05) is 85.3 Å². The van der Waals surface area contributed by atoms with Crippen LogP contribution >= 0.6 is 0 Å². The van der Waals surface area contributed by atoms with Gasteiger partial charge >= 0.3 is 200 Å². The predicted molar refractivity (Wildman–Crippen MR) is 159 cm³/mol. The molecule has 39 heavy (non-hydrogen) atoms. The molecule has 0 spiro atoms. The van der Waals surface area contributed by atoms with Gasteiger partial charge in [-0.1, -0.05) is 30.3 Å². The first-order valence-electron chi connectivity index (χ1n) is 13.1. The van der Waals surface area contributed by atoms with E-state index in [9.17, 15) is 0 Å². The van der Waals surface area contributed by atoms with Crippen molar-refractivity contribution in [1.82, 2.24) is 0 Å². The van der Waals surface area contributed by atoms with Gasteiger partial charge in [-0.2, -0.15) is 0 Å². The Labute approximate surface area is 229 Å². The molecule has 5 heteroatoms. The van der Waals surface area contributed by atoms with Gasteiger partial charge in [0.15, 0.2) is 0 Å². The van der Waals surface area contributed by atoms with Crippen molar-refractivity contribution < 1.29 is 17.8 Å². The van der Waals surface area contributed by atoms with Gasteiger partial charge in [0.2, 0.25) is 0 Å². The Morgan fingerprint density at radius 3 is 2.03 bits per heavy atom. The molecule has 0 saturated carbocycles. The molecule has 0 fully saturated rings. The van der Waals surface area contributed by atoms with E-state index in [1.54, 1.807) is 12.3 Å². The average molecular weight is 579 g/mol. The normalized spacial score (nSPS) is 12.0. The predicted octanol–water partition coefficient (Wildman–Crippen LogP) is 8.54. The molecule has 0 radical (unpaired) electrons. The maximum absolute atomic E-state index is 15.6. The van der Waals surface area contributed by atoms with Crippen LogP contribution in [0.15, 0.2) is 95.5 Å². The van der Waals surface area contributed by atoms with Gasteiger partial charge in [-0.05, 0) is 0 Å². The van der Waals surface area contributed by atoms with E-state index in [-0.39, 0.29) is 11.6 Å². The van der Waals surface area contributed by atoms with Crippen LogP contribution in [0, 0.1) is 18.6 Å². The molecular weight excluding hydrogens is 549 g/mol. The van der Waals surface area contributed by atoms with Gasteiger partial charge in [0.05, 0.1) is 0 Å². The third kappa shape index (κ3) is 4.37. The molecule has 4 aromatic carbocycles. The Morgan fingerprint density at radius 1 is 0.667 bits per heavy atom. The molecular formula is C34H30F2GeNO+. The number of fused-ring (bicyclic) bond motifs is 3. The molecule has 0 aliphatic heterocycles. The van der Waals surface area contributed by atoms with Crippen LogP contribution in [0.25, 0.3) is 55.4 Å². The monoisotopic (exact) mass is 580 g/mol. The van der Waals surface area contributed by atoms with E-state index in [0.29, 0.717) is 16.7 Å². The van der Waals surface area contributed by atoms with Crippen molar-refractivity contribution in [3.05, 3.63) is 108 Å². The zero-order valence-electron chi connectivity index (χ0n) is 22.8. The number of aryl methyl sites for hydroxylation is 2. The summed E-state index contributed by atoms with van der Waals surface area (Å²) in [6.07, 6.45) is 1.57. The second kappa shape index (κ2) is 9.46. The van der Waals surface area contributed by atoms with Crippen molar-refractivity contribution in [3.63, 3.8) is 0 Å². The first-order valence-corrected chi connectivity index (χ1v) is 20.5. The van der Waals surface area contributed by atoms with Crippen molar-refractivity contribution in [1.29, 1.82) is 0 Å². The third-order valence-electron chi connectivity index (χ3n) is 7.52. The number of furan rings is 1. The van der Waals surface area contributed by atoms with Crippen LogP contribution in [-0.4, -0.2) is 13.3 Å². The molecule has 0 unspecified atom stereocenters. The molecule has 2 heterocycles. The number of nitrogens with zero attached hydrogens (tertiary/aromatic N) is 1. The van der Waals surface area contributed by atoms with Crippen LogP contribution in [-0.2, 0) is 7.05 Å². The van der Waals surface area contributed by atoms with Crippen molar-refractivity contribution in [2.24, 2.45) is 7.05 Å². The minimum absolute atomic E-state index is 0.161. The number of halogens is 2. The van der Waals surface area contributed by atoms with Crippen LogP contribution in [0.2, 0.25) is 17.3 Å². The summed E-state index contributed by atoms with van der Waals surface area (Å²) >= 11 is -2.49. The zero-order valence-corrected chi connectivity index (χ0v) is 24.9. The van der Waals surface area contributed by atoms with Gasteiger partial charge in [0, 0.05) is 0 Å². The molecule has 0 amide bonds. The molecule has 0 saturated heterocycles. The molecule has 0 aliphatic carbocycles. The van der Waals surface area contributed by atoms with Crippen LogP contribution in [0.3, 0.4) is 0 Å². The van der Waals surface area contributed by atoms with Crippen molar-refractivity contribution in [2.75, 3.05) is 0 Å². The van der Waals surface area contributed by atoms with Crippen LogP contribution in [0.4, 0.5) is 8.78 Å². The van der Waals surface area contributed by atoms with Gasteiger partial charge in [0.25, 0.3) is 0 Å². The third-order valence-corrected chi connectivity index (χ3v) is 11.7. The Hall–Kier alpha value is -3.77. The molecule has 0 N–H and O–H groups in total. The molecule has 2 aromatic heterocycles. The fourth-order valence-corrected chi connectivity index (χ4v) is 8.32. The van der Waals surface area contributed by atoms with Gasteiger partial charge in [0.1, 0.15) is 0 Å². The summed E-state index contributed by atoms with van der Waals surface area (Å²) < 4.78 is 39.8. The molecule has 0 bridgehead atoms. The fraction of sp³-hybridized carbons (Fsp3) is 0.147. The summed E-state index contributed by atoms with van der Waals surface area (Å²) in [5.74, 6) is 6.08. The van der Waals surface area contributed by atoms with Crippen molar-refractivity contribution >= 4 is 39.6 Å². The molecule has 0 atom stereocenters. The number of pyridine rings is 1. The summed E-state index contributed by atoms with van der Waals surface area (Å²) in [4.78, 5) is 0. The number of hydrogen-bond acceptors (Lipinski definition) is 1. The first-order chi connectivity index (χ1) is 18.6. The molecule has 6 rings (SSSR count). The van der Waals surface area contributed by atoms with E-state index in [2.05, 4.69) is 23.3 Å². The zero-order chi connectivity index (χ0) is 27.5. The van der Waals surface area contributed by atoms with Gasteiger partial charge in [-0.3, -0.25) is 0 Å². The molecule has 194 valence electrons. The number of aromatic nitrogens is 1. The van der Waals surface area contributed by atoms with Gasteiger partial charge in [-0.15, -0.1) is 0 Å². The van der Waals surface area contributed by atoms with Crippen molar-refractivity contribution in [2.45, 2.75) is 24.2 Å². The fourth-order valence-electron chi connectivity index (χ4n) is 5.49. The Bertz CT molecular complexity index is 1880. The summed E-state index contributed by atoms with van der Waals surface area (Å²) in [6.45, 7) is 2.04. The SMILES string of the molecule is Cc1ccc2c(oc3c(-c4cccc(-c5ccccc5)c4)c(F)ccc32)c1-c1c[c]([Ge]([CH3])([CH3])[CH3])c(F)c[n+]1C. The van der Waals surface area contributed by atoms with Crippen LogP contribution < -0.4 is 8.96 Å². The quantitative estimate of drug-likeness (QED) is 0.151. The van der Waals surface area contributed by atoms with E-state index in [4.69, 9.17) is 4.42 Å². The minimum atomic E-state index is -2.49. The van der Waals surface area contributed by atoms with E-state index in [1.165, 1.54) is 6.07 Å². The molecule has 0 aliphatic rings. The summed E-state index contributed by atoms with van der Waals surface area (Å²) in [7, 11) is 1.86. The Kier molecular flexibility index (Phi) is 6.18. The first kappa shape index (κ1) is 25.5. The number of rotatable bonds is 4. The van der Waals surface area contributed by atoms with Crippen molar-refractivity contribution in [3.8, 4) is 33.5 Å². The van der Waals surface area contributed by atoms with Gasteiger partial charge < -0.3 is 0 Å². The second-order valence-electron chi connectivity index (χ2n) is 11.3. The van der Waals surface area contributed by atoms with E-state index >= 15 is 8.78 Å². The van der Waals surface area contributed by atoms with Gasteiger partial charge in [-0.25, -0.2) is 0 Å². The average Bonchev–Trinajstić information content (AvgIpc) is 3.27. The van der Waals surface area contributed by atoms with E-state index in [0.717, 1.165) is 48.7 Å². The summed E-state index contributed by atoms with van der Waals surface area (Å²) in [6, 6.07) is 27.4. The second-order valence-corrected chi connectivity index (χ2v) is 21.8. The molecule has 6 aromatic rings. The summed E-state index contributed by atoms with van der Waals surface area (Å²) in [5.41, 5.74) is 7.29. The molecule has 2 nitrogen and oxygen atoms in total. The Balaban J connectivity index is 1.63. The summed E-state index contributed by atoms with van der Waals surface area (Å²) in [5, 5.41) is 1.76. The van der Waals surface area contributed by atoms with E-state index < -0.39 is 13.3 Å². The standard InChI is InChI=1S/C34H30F2GeNO/c1-21-14-15-25-26-16-17-27(35)32(24-13-9-12-23(18-24)22-10-7-6-8-11-22)34(26)39-33(25)31(21)30-19-29(37(2,3)4)28(36)20-38(30)5/h6-20H,1-5H3/q+1. The Morgan fingerprint density at radius 2 is 1.31 bits per heavy atom. The number of hydrogen-bond donors (Lipinski definition) is 0. The van der Waals surface area contributed by atoms with Crippen LogP contribution in [0.5, 0.6) is 0 Å². The maximum atomic E-state index is 15.6. The topological polar surface area (TPSA) is 17.0 Å².